The van der Waals surface area contributed by atoms with Crippen LogP contribution in [-0.2, 0) is 11.2 Å². The summed E-state index contributed by atoms with van der Waals surface area (Å²) in [4.78, 5) is 28.7. The Hall–Kier alpha value is -2.10. The highest BCUT2D eigenvalue weighted by molar-refractivity contribution is 6.04. The molecule has 1 aliphatic rings. The van der Waals surface area contributed by atoms with Crippen LogP contribution in [0.1, 0.15) is 36.8 Å². The van der Waals surface area contributed by atoms with Gasteiger partial charge in [0.15, 0.2) is 5.78 Å². The van der Waals surface area contributed by atoms with Gasteiger partial charge >= 0.3 is 0 Å². The number of nitrogens with one attached hydrogen (secondary N) is 1. The van der Waals surface area contributed by atoms with Gasteiger partial charge in [0.2, 0.25) is 5.91 Å². The van der Waals surface area contributed by atoms with Gasteiger partial charge in [-0.15, -0.1) is 0 Å². The minimum absolute atomic E-state index is 0.0233. The quantitative estimate of drug-likeness (QED) is 0.853. The lowest BCUT2D eigenvalue weighted by Gasteiger charge is -2.14. The van der Waals surface area contributed by atoms with Gasteiger partial charge in [-0.05, 0) is 30.2 Å². The van der Waals surface area contributed by atoms with Gasteiger partial charge in [-0.3, -0.25) is 9.59 Å². The molecule has 0 aliphatic carbocycles. The van der Waals surface area contributed by atoms with E-state index in [2.05, 4.69) is 4.98 Å². The number of aromatic amines is 1. The lowest BCUT2D eigenvalue weighted by atomic mass is 10.0. The largest absolute Gasteiger partial charge is 0.352 e. The highest BCUT2D eigenvalue weighted by Crippen LogP contribution is 2.35. The van der Waals surface area contributed by atoms with E-state index >= 15 is 0 Å². The zero-order chi connectivity index (χ0) is 14.4. The van der Waals surface area contributed by atoms with E-state index in [4.69, 9.17) is 0 Å². The number of Topliss-reactive ketones (excluding diaryl/α,β-unsaturated/α-hetero) is 1. The zero-order valence-electron chi connectivity index (χ0n) is 12.0. The third-order valence-electron chi connectivity index (χ3n) is 3.94. The Labute approximate surface area is 117 Å². The van der Waals surface area contributed by atoms with Gasteiger partial charge in [0, 0.05) is 36.0 Å². The van der Waals surface area contributed by atoms with Crippen molar-refractivity contribution in [1.82, 2.24) is 4.98 Å². The van der Waals surface area contributed by atoms with Crippen LogP contribution >= 0.6 is 0 Å². The first-order valence-electron chi connectivity index (χ1n) is 6.96. The van der Waals surface area contributed by atoms with E-state index in [1.807, 2.05) is 32.0 Å². The number of ketones is 1. The second-order valence-electron chi connectivity index (χ2n) is 5.65. The Bertz CT molecular complexity index is 713. The number of anilines is 1. The fourth-order valence-electron chi connectivity index (χ4n) is 2.88. The van der Waals surface area contributed by atoms with Crippen LogP contribution < -0.4 is 4.90 Å². The van der Waals surface area contributed by atoms with E-state index in [1.54, 1.807) is 11.8 Å². The highest BCUT2D eigenvalue weighted by atomic mass is 16.2. The van der Waals surface area contributed by atoms with E-state index in [0.717, 1.165) is 35.1 Å². The van der Waals surface area contributed by atoms with Gasteiger partial charge in [0.05, 0.1) is 5.69 Å². The first kappa shape index (κ1) is 12.9. The van der Waals surface area contributed by atoms with Crippen molar-refractivity contribution in [2.24, 2.45) is 5.92 Å². The molecule has 4 heteroatoms. The summed E-state index contributed by atoms with van der Waals surface area (Å²) in [6.07, 6.45) is 0.847. The third kappa shape index (κ3) is 1.83. The zero-order valence-corrected chi connectivity index (χ0v) is 12.0. The summed E-state index contributed by atoms with van der Waals surface area (Å²) in [5.74, 6) is 0.165. The van der Waals surface area contributed by atoms with E-state index in [1.165, 1.54) is 0 Å². The van der Waals surface area contributed by atoms with Crippen molar-refractivity contribution < 1.29 is 9.59 Å². The Kier molecular flexibility index (Phi) is 2.89. The van der Waals surface area contributed by atoms with Crippen molar-refractivity contribution >= 4 is 28.3 Å². The molecular formula is C16H18N2O2. The number of nitrogens with zero attached hydrogens (tertiary/aromatic N) is 1. The molecule has 0 unspecified atom stereocenters. The topological polar surface area (TPSA) is 53.2 Å². The normalized spacial score (nSPS) is 14.1. The lowest BCUT2D eigenvalue weighted by Crippen LogP contribution is -2.25. The number of aromatic nitrogens is 1. The standard InChI is InChI=1S/C16H18N2O2/c1-9(2)16(20)14-8-12-11-6-7-18(10(3)19)15(11)5-4-13(12)17-14/h4-5,8-9,17H,6-7H2,1-3H3. The SMILES string of the molecule is CC(=O)N1CCc2c1ccc1[nH]c(C(=O)C(C)C)cc21. The van der Waals surface area contributed by atoms with Crippen LogP contribution in [-0.4, -0.2) is 23.2 Å². The van der Waals surface area contributed by atoms with E-state index < -0.39 is 0 Å². The Morgan fingerprint density at radius 2 is 2.05 bits per heavy atom. The number of rotatable bonds is 2. The summed E-state index contributed by atoms with van der Waals surface area (Å²) in [5, 5.41) is 1.07. The summed E-state index contributed by atoms with van der Waals surface area (Å²) >= 11 is 0. The maximum Gasteiger partial charge on any atom is 0.223 e. The molecule has 0 bridgehead atoms. The number of H-pyrrole nitrogens is 1. The van der Waals surface area contributed by atoms with Crippen molar-refractivity contribution in [2.75, 3.05) is 11.4 Å². The van der Waals surface area contributed by atoms with Crippen LogP contribution in [0.5, 0.6) is 0 Å². The minimum atomic E-state index is -0.0233. The monoisotopic (exact) mass is 270 g/mol. The average molecular weight is 270 g/mol. The molecule has 1 aromatic heterocycles. The molecule has 1 aromatic carbocycles. The molecular weight excluding hydrogens is 252 g/mol. The number of carbonyl (C=O) groups excluding carboxylic acids is 2. The summed E-state index contributed by atoms with van der Waals surface area (Å²) in [5.41, 5.74) is 3.77. The molecule has 1 amide bonds. The maximum atomic E-state index is 12.1. The van der Waals surface area contributed by atoms with Crippen LogP contribution in [0.2, 0.25) is 0 Å². The first-order chi connectivity index (χ1) is 9.49. The van der Waals surface area contributed by atoms with Crippen molar-refractivity contribution in [1.29, 1.82) is 0 Å². The van der Waals surface area contributed by atoms with E-state index in [0.29, 0.717) is 5.69 Å². The summed E-state index contributed by atoms with van der Waals surface area (Å²) in [6, 6.07) is 5.85. The Balaban J connectivity index is 2.13. The minimum Gasteiger partial charge on any atom is -0.352 e. The van der Waals surface area contributed by atoms with Crippen LogP contribution in [0.25, 0.3) is 10.9 Å². The molecule has 0 saturated carbocycles. The summed E-state index contributed by atoms with van der Waals surface area (Å²) in [6.45, 7) is 6.11. The number of carbonyl (C=O) groups is 2. The van der Waals surface area contributed by atoms with Gasteiger partial charge < -0.3 is 9.88 Å². The molecule has 0 radical (unpaired) electrons. The average Bonchev–Trinajstić information content (AvgIpc) is 3.00. The van der Waals surface area contributed by atoms with Crippen LogP contribution in [0.3, 0.4) is 0 Å². The molecule has 1 N–H and O–H groups in total. The maximum absolute atomic E-state index is 12.1. The first-order valence-corrected chi connectivity index (χ1v) is 6.96. The second kappa shape index (κ2) is 4.47. The molecule has 104 valence electrons. The third-order valence-corrected chi connectivity index (χ3v) is 3.94. The number of hydrogen-bond acceptors (Lipinski definition) is 2. The lowest BCUT2D eigenvalue weighted by molar-refractivity contribution is -0.116. The Morgan fingerprint density at radius 3 is 2.70 bits per heavy atom. The van der Waals surface area contributed by atoms with Gasteiger partial charge in [-0.25, -0.2) is 0 Å². The number of amides is 1. The molecule has 0 saturated heterocycles. The molecule has 1 aliphatic heterocycles. The van der Waals surface area contributed by atoms with Gasteiger partial charge in [-0.1, -0.05) is 13.8 Å². The molecule has 0 spiro atoms. The molecule has 4 nitrogen and oxygen atoms in total. The molecule has 0 fully saturated rings. The number of fused-ring (bicyclic) bond motifs is 3. The van der Waals surface area contributed by atoms with Crippen LogP contribution in [0.15, 0.2) is 18.2 Å². The molecule has 2 heterocycles. The van der Waals surface area contributed by atoms with Gasteiger partial charge in [-0.2, -0.15) is 0 Å². The fourth-order valence-corrected chi connectivity index (χ4v) is 2.88. The fraction of sp³-hybridized carbons (Fsp3) is 0.375. The summed E-state index contributed by atoms with van der Waals surface area (Å²) in [7, 11) is 0. The Morgan fingerprint density at radius 1 is 1.30 bits per heavy atom. The van der Waals surface area contributed by atoms with Gasteiger partial charge in [0.25, 0.3) is 0 Å². The van der Waals surface area contributed by atoms with Crippen molar-refractivity contribution in [3.8, 4) is 0 Å². The van der Waals surface area contributed by atoms with Crippen LogP contribution in [0.4, 0.5) is 5.69 Å². The number of hydrogen-bond donors (Lipinski definition) is 1. The van der Waals surface area contributed by atoms with E-state index in [9.17, 15) is 9.59 Å². The molecule has 3 rings (SSSR count). The van der Waals surface area contributed by atoms with Gasteiger partial charge in [0.1, 0.15) is 0 Å². The van der Waals surface area contributed by atoms with Crippen molar-refractivity contribution in [2.45, 2.75) is 27.2 Å². The predicted molar refractivity (Wildman–Crippen MR) is 79.2 cm³/mol. The van der Waals surface area contributed by atoms with Crippen molar-refractivity contribution in [3.63, 3.8) is 0 Å². The molecule has 20 heavy (non-hydrogen) atoms. The van der Waals surface area contributed by atoms with Crippen molar-refractivity contribution in [3.05, 3.63) is 29.5 Å². The van der Waals surface area contributed by atoms with Crippen LogP contribution in [0, 0.1) is 5.92 Å². The molecule has 2 aromatic rings. The number of benzene rings is 1. The highest BCUT2D eigenvalue weighted by Gasteiger charge is 2.25. The second-order valence-corrected chi connectivity index (χ2v) is 5.65. The van der Waals surface area contributed by atoms with E-state index in [-0.39, 0.29) is 17.6 Å². The summed E-state index contributed by atoms with van der Waals surface area (Å²) < 4.78 is 0. The molecule has 0 atom stereocenters. The smallest absolute Gasteiger partial charge is 0.223 e. The predicted octanol–water partition coefficient (Wildman–Crippen LogP) is 2.92.